The van der Waals surface area contributed by atoms with Crippen LogP contribution in [0.15, 0.2) is 48.5 Å². The van der Waals surface area contributed by atoms with Gasteiger partial charge in [0, 0.05) is 12.8 Å². The number of nitrogens with one attached hydrogen (secondary N) is 1. The van der Waals surface area contributed by atoms with E-state index in [1.165, 1.54) is 4.90 Å². The van der Waals surface area contributed by atoms with Crippen LogP contribution < -0.4 is 5.32 Å². The summed E-state index contributed by atoms with van der Waals surface area (Å²) >= 11 is 0. The fourth-order valence-corrected chi connectivity index (χ4v) is 3.88. The fourth-order valence-electron chi connectivity index (χ4n) is 3.88. The first-order chi connectivity index (χ1) is 16.7. The second kappa shape index (κ2) is 9.92. The fraction of sp³-hybridized carbons (Fsp3) is 0.269. The first-order valence-corrected chi connectivity index (χ1v) is 11.3. The number of rotatable bonds is 7. The Bertz CT molecular complexity index is 1280. The summed E-state index contributed by atoms with van der Waals surface area (Å²) in [7, 11) is 0. The van der Waals surface area contributed by atoms with Crippen molar-refractivity contribution in [2.24, 2.45) is 0 Å². The van der Waals surface area contributed by atoms with Crippen LogP contribution in [0.4, 0.5) is 5.69 Å². The van der Waals surface area contributed by atoms with E-state index < -0.39 is 18.5 Å². The number of aromatic nitrogens is 2. The minimum absolute atomic E-state index is 0.171. The van der Waals surface area contributed by atoms with Gasteiger partial charge in [0.1, 0.15) is 0 Å². The summed E-state index contributed by atoms with van der Waals surface area (Å²) in [5.74, 6) is -1.52. The molecule has 1 aliphatic rings. The number of ether oxygens (including phenoxy) is 1. The van der Waals surface area contributed by atoms with Gasteiger partial charge in [-0.05, 0) is 50.6 Å². The minimum Gasteiger partial charge on any atom is -0.452 e. The average Bonchev–Trinajstić information content (AvgIpc) is 3.31. The van der Waals surface area contributed by atoms with E-state index in [1.807, 2.05) is 38.1 Å². The highest BCUT2D eigenvalue weighted by atomic mass is 16.5. The SMILES string of the molecule is Cc1ccc(-n2nc(C)c(NC(=O)COC(=O)c3ccc(CN4C(=O)CCC4=O)cc3)c2C)cc1. The molecule has 0 saturated carbocycles. The van der Waals surface area contributed by atoms with Crippen molar-refractivity contribution in [3.05, 3.63) is 76.6 Å². The highest BCUT2D eigenvalue weighted by Crippen LogP contribution is 2.23. The zero-order valence-electron chi connectivity index (χ0n) is 19.8. The number of aryl methyl sites for hydroxylation is 2. The highest BCUT2D eigenvalue weighted by molar-refractivity contribution is 6.02. The summed E-state index contributed by atoms with van der Waals surface area (Å²) in [5.41, 5.74) is 4.98. The number of anilines is 1. The molecule has 9 heteroatoms. The quantitative estimate of drug-likeness (QED) is 0.416. The molecule has 0 atom stereocenters. The average molecular weight is 475 g/mol. The smallest absolute Gasteiger partial charge is 0.338 e. The summed E-state index contributed by atoms with van der Waals surface area (Å²) in [6.45, 7) is 5.37. The topological polar surface area (TPSA) is 111 Å². The van der Waals surface area contributed by atoms with Crippen LogP contribution in [0, 0.1) is 20.8 Å². The molecule has 1 saturated heterocycles. The van der Waals surface area contributed by atoms with Gasteiger partial charge in [0.05, 0.1) is 34.9 Å². The van der Waals surface area contributed by atoms with Crippen molar-refractivity contribution in [2.75, 3.05) is 11.9 Å². The molecule has 0 radical (unpaired) electrons. The van der Waals surface area contributed by atoms with E-state index in [9.17, 15) is 19.2 Å². The van der Waals surface area contributed by atoms with Crippen molar-refractivity contribution in [3.63, 3.8) is 0 Å². The van der Waals surface area contributed by atoms with Gasteiger partial charge in [0.15, 0.2) is 6.61 Å². The van der Waals surface area contributed by atoms with Gasteiger partial charge in [0.2, 0.25) is 11.8 Å². The van der Waals surface area contributed by atoms with Crippen LogP contribution >= 0.6 is 0 Å². The molecule has 0 bridgehead atoms. The second-order valence-electron chi connectivity index (χ2n) is 8.49. The lowest BCUT2D eigenvalue weighted by molar-refractivity contribution is -0.139. The maximum atomic E-state index is 12.5. The minimum atomic E-state index is -0.649. The van der Waals surface area contributed by atoms with Gasteiger partial charge in [-0.15, -0.1) is 0 Å². The maximum absolute atomic E-state index is 12.5. The maximum Gasteiger partial charge on any atom is 0.338 e. The molecule has 4 rings (SSSR count). The molecular formula is C26H26N4O5. The van der Waals surface area contributed by atoms with Gasteiger partial charge in [-0.25, -0.2) is 9.48 Å². The molecule has 180 valence electrons. The molecule has 0 spiro atoms. The van der Waals surface area contributed by atoms with E-state index in [0.29, 0.717) is 11.4 Å². The van der Waals surface area contributed by atoms with E-state index in [1.54, 1.807) is 35.9 Å². The Kier molecular flexibility index (Phi) is 6.77. The zero-order chi connectivity index (χ0) is 25.1. The molecule has 1 N–H and O–H groups in total. The predicted molar refractivity (Wildman–Crippen MR) is 128 cm³/mol. The van der Waals surface area contributed by atoms with Crippen molar-refractivity contribution < 1.29 is 23.9 Å². The summed E-state index contributed by atoms with van der Waals surface area (Å²) < 4.78 is 6.91. The van der Waals surface area contributed by atoms with Crippen LogP contribution in [0.2, 0.25) is 0 Å². The number of benzene rings is 2. The Labute approximate surface area is 202 Å². The molecule has 1 aliphatic heterocycles. The number of carbonyl (C=O) groups excluding carboxylic acids is 4. The number of esters is 1. The van der Waals surface area contributed by atoms with Crippen molar-refractivity contribution in [1.29, 1.82) is 0 Å². The lowest BCUT2D eigenvalue weighted by Crippen LogP contribution is -2.28. The Hall–Kier alpha value is -4.27. The lowest BCUT2D eigenvalue weighted by Gasteiger charge is -2.13. The molecule has 0 unspecified atom stereocenters. The van der Waals surface area contributed by atoms with Crippen molar-refractivity contribution in [1.82, 2.24) is 14.7 Å². The molecule has 3 aromatic rings. The third-order valence-electron chi connectivity index (χ3n) is 5.85. The van der Waals surface area contributed by atoms with Gasteiger partial charge < -0.3 is 10.1 Å². The second-order valence-corrected chi connectivity index (χ2v) is 8.49. The van der Waals surface area contributed by atoms with Gasteiger partial charge in [0.25, 0.3) is 5.91 Å². The predicted octanol–water partition coefficient (Wildman–Crippen LogP) is 3.24. The lowest BCUT2D eigenvalue weighted by atomic mass is 10.1. The Balaban J connectivity index is 1.33. The first kappa shape index (κ1) is 23.9. The van der Waals surface area contributed by atoms with E-state index in [-0.39, 0.29) is 36.8 Å². The molecule has 2 heterocycles. The molecule has 0 aliphatic carbocycles. The van der Waals surface area contributed by atoms with Crippen LogP contribution in [0.1, 0.15) is 45.7 Å². The van der Waals surface area contributed by atoms with E-state index in [2.05, 4.69) is 10.4 Å². The number of amides is 3. The first-order valence-electron chi connectivity index (χ1n) is 11.3. The van der Waals surface area contributed by atoms with Crippen molar-refractivity contribution in [3.8, 4) is 5.69 Å². The summed E-state index contributed by atoms with van der Waals surface area (Å²) in [6.07, 6.45) is 0.466. The number of carbonyl (C=O) groups is 4. The monoisotopic (exact) mass is 474 g/mol. The van der Waals surface area contributed by atoms with Crippen LogP contribution in [-0.4, -0.2) is 45.0 Å². The number of hydrogen-bond acceptors (Lipinski definition) is 6. The molecule has 1 fully saturated rings. The largest absolute Gasteiger partial charge is 0.452 e. The molecule has 35 heavy (non-hydrogen) atoms. The van der Waals surface area contributed by atoms with E-state index in [4.69, 9.17) is 4.74 Å². The zero-order valence-corrected chi connectivity index (χ0v) is 19.8. The van der Waals surface area contributed by atoms with Gasteiger partial charge in [-0.1, -0.05) is 29.8 Å². The summed E-state index contributed by atoms with van der Waals surface area (Å²) in [4.78, 5) is 49.6. The van der Waals surface area contributed by atoms with Crippen molar-refractivity contribution >= 4 is 29.4 Å². The van der Waals surface area contributed by atoms with Crippen LogP contribution in [-0.2, 0) is 25.7 Å². The third kappa shape index (κ3) is 5.29. The molecule has 3 amide bonds. The van der Waals surface area contributed by atoms with Gasteiger partial charge in [-0.3, -0.25) is 19.3 Å². The van der Waals surface area contributed by atoms with Crippen LogP contribution in [0.25, 0.3) is 5.69 Å². The van der Waals surface area contributed by atoms with Gasteiger partial charge in [-0.2, -0.15) is 5.10 Å². The Morgan fingerprint density at radius 2 is 1.57 bits per heavy atom. The molecular weight excluding hydrogens is 448 g/mol. The van der Waals surface area contributed by atoms with Crippen molar-refractivity contribution in [2.45, 2.75) is 40.2 Å². The highest BCUT2D eigenvalue weighted by Gasteiger charge is 2.28. The Morgan fingerprint density at radius 1 is 0.943 bits per heavy atom. The molecule has 1 aromatic heterocycles. The standard InChI is InChI=1S/C26H26N4O5/c1-16-4-10-21(11-5-16)30-18(3)25(17(2)28-30)27-22(31)15-35-26(34)20-8-6-19(7-9-20)14-29-23(32)12-13-24(29)33/h4-11H,12-15H2,1-3H3,(H,27,31). The van der Waals surface area contributed by atoms with Crippen LogP contribution in [0.3, 0.4) is 0 Å². The van der Waals surface area contributed by atoms with E-state index in [0.717, 1.165) is 22.5 Å². The summed E-state index contributed by atoms with van der Waals surface area (Å²) in [5, 5.41) is 7.28. The number of likely N-dealkylation sites (tertiary alicyclic amines) is 1. The Morgan fingerprint density at radius 3 is 2.20 bits per heavy atom. The molecule has 2 aromatic carbocycles. The number of nitrogens with zero attached hydrogens (tertiary/aromatic N) is 3. The van der Waals surface area contributed by atoms with Crippen LogP contribution in [0.5, 0.6) is 0 Å². The number of imide groups is 1. The molecule has 9 nitrogen and oxygen atoms in total. The number of hydrogen-bond donors (Lipinski definition) is 1. The van der Waals surface area contributed by atoms with E-state index >= 15 is 0 Å². The normalized spacial score (nSPS) is 13.3. The third-order valence-corrected chi connectivity index (χ3v) is 5.85. The summed E-state index contributed by atoms with van der Waals surface area (Å²) in [6, 6.07) is 14.3. The van der Waals surface area contributed by atoms with Gasteiger partial charge >= 0.3 is 5.97 Å².